The zero-order valence-corrected chi connectivity index (χ0v) is 11.7. The minimum Gasteiger partial charge on any atom is -0.465 e. The van der Waals surface area contributed by atoms with E-state index in [1.165, 1.54) is 7.11 Å². The van der Waals surface area contributed by atoms with Crippen molar-refractivity contribution in [3.8, 4) is 5.69 Å². The molecule has 0 spiro atoms. The molecular weight excluding hydrogens is 266 g/mol. The molecule has 0 amide bonds. The molecule has 1 aromatic carbocycles. The van der Waals surface area contributed by atoms with Gasteiger partial charge in [0.25, 0.3) is 0 Å². The van der Waals surface area contributed by atoms with Gasteiger partial charge in [0.15, 0.2) is 0 Å². The summed E-state index contributed by atoms with van der Waals surface area (Å²) in [6.07, 6.45) is 0. The third kappa shape index (κ3) is 2.17. The molecule has 2 N–H and O–H groups in total. The van der Waals surface area contributed by atoms with Gasteiger partial charge < -0.3 is 10.5 Å². The molecule has 0 radical (unpaired) electrons. The standard InChI is InChI=1S/C13H14ClN3O2/c1-7-11(14)8(2)17(16-7)10-6-4-5-9(12(10)15)13(18)19-3/h4-6H,15H2,1-3H3. The molecule has 2 aromatic rings. The van der Waals surface area contributed by atoms with Gasteiger partial charge in [-0.1, -0.05) is 17.7 Å². The van der Waals surface area contributed by atoms with Crippen LogP contribution >= 0.6 is 11.6 Å². The number of esters is 1. The predicted molar refractivity (Wildman–Crippen MR) is 73.8 cm³/mol. The quantitative estimate of drug-likeness (QED) is 0.677. The number of ether oxygens (including phenoxy) is 1. The summed E-state index contributed by atoms with van der Waals surface area (Å²) in [5, 5.41) is 4.91. The number of nitrogens with zero attached hydrogens (tertiary/aromatic N) is 2. The maximum atomic E-state index is 11.6. The van der Waals surface area contributed by atoms with Crippen molar-refractivity contribution in [1.29, 1.82) is 0 Å². The number of benzene rings is 1. The average Bonchev–Trinajstić information content (AvgIpc) is 2.66. The topological polar surface area (TPSA) is 70.1 Å². The third-order valence-electron chi connectivity index (χ3n) is 2.92. The summed E-state index contributed by atoms with van der Waals surface area (Å²) in [6, 6.07) is 5.11. The molecule has 0 saturated carbocycles. The number of rotatable bonds is 2. The average molecular weight is 280 g/mol. The normalized spacial score (nSPS) is 10.5. The Morgan fingerprint density at radius 1 is 1.42 bits per heavy atom. The van der Waals surface area contributed by atoms with Crippen LogP contribution in [0.2, 0.25) is 5.02 Å². The zero-order chi connectivity index (χ0) is 14.2. The number of carbonyl (C=O) groups is 1. The van der Waals surface area contributed by atoms with Gasteiger partial charge in [0.1, 0.15) is 0 Å². The Kier molecular flexibility index (Phi) is 3.48. The maximum absolute atomic E-state index is 11.6. The van der Waals surface area contributed by atoms with Crippen LogP contribution in [0.3, 0.4) is 0 Å². The Labute approximate surface area is 115 Å². The second kappa shape index (κ2) is 4.93. The van der Waals surface area contributed by atoms with E-state index < -0.39 is 5.97 Å². The number of nitrogens with two attached hydrogens (primary N) is 1. The molecule has 0 fully saturated rings. The van der Waals surface area contributed by atoms with Crippen molar-refractivity contribution in [2.75, 3.05) is 12.8 Å². The summed E-state index contributed by atoms with van der Waals surface area (Å²) < 4.78 is 6.32. The van der Waals surface area contributed by atoms with E-state index >= 15 is 0 Å². The van der Waals surface area contributed by atoms with Crippen molar-refractivity contribution >= 4 is 23.3 Å². The molecule has 0 unspecified atom stereocenters. The second-order valence-electron chi connectivity index (χ2n) is 4.13. The van der Waals surface area contributed by atoms with E-state index in [-0.39, 0.29) is 0 Å². The molecule has 1 aromatic heterocycles. The maximum Gasteiger partial charge on any atom is 0.340 e. The molecule has 1 heterocycles. The zero-order valence-electron chi connectivity index (χ0n) is 10.9. The van der Waals surface area contributed by atoms with Crippen LogP contribution in [0.1, 0.15) is 21.7 Å². The van der Waals surface area contributed by atoms with Crippen LogP contribution in [0.15, 0.2) is 18.2 Å². The SMILES string of the molecule is COC(=O)c1cccc(-n2nc(C)c(Cl)c2C)c1N. The van der Waals surface area contributed by atoms with Gasteiger partial charge in [-0.05, 0) is 26.0 Å². The number of anilines is 1. The number of hydrogen-bond donors (Lipinski definition) is 1. The van der Waals surface area contributed by atoms with Crippen molar-refractivity contribution < 1.29 is 9.53 Å². The van der Waals surface area contributed by atoms with E-state index in [2.05, 4.69) is 5.10 Å². The van der Waals surface area contributed by atoms with Gasteiger partial charge in [-0.25, -0.2) is 9.48 Å². The summed E-state index contributed by atoms with van der Waals surface area (Å²) in [5.41, 5.74) is 8.73. The lowest BCUT2D eigenvalue weighted by atomic mass is 10.1. The largest absolute Gasteiger partial charge is 0.465 e. The number of aryl methyl sites for hydroxylation is 1. The van der Waals surface area contributed by atoms with E-state index in [0.717, 1.165) is 5.69 Å². The highest BCUT2D eigenvalue weighted by molar-refractivity contribution is 6.31. The smallest absolute Gasteiger partial charge is 0.340 e. The van der Waals surface area contributed by atoms with Gasteiger partial charge in [0.05, 0.1) is 40.5 Å². The first-order valence-electron chi connectivity index (χ1n) is 5.66. The first kappa shape index (κ1) is 13.4. The van der Waals surface area contributed by atoms with E-state index in [1.807, 2.05) is 13.8 Å². The number of aromatic nitrogens is 2. The van der Waals surface area contributed by atoms with Gasteiger partial charge in [0.2, 0.25) is 0 Å². The molecule has 5 nitrogen and oxygen atoms in total. The number of para-hydroxylation sites is 1. The predicted octanol–water partition coefficient (Wildman–Crippen LogP) is 2.51. The van der Waals surface area contributed by atoms with Crippen LogP contribution in [0.4, 0.5) is 5.69 Å². The Morgan fingerprint density at radius 2 is 2.11 bits per heavy atom. The molecule has 0 aliphatic heterocycles. The van der Waals surface area contributed by atoms with Crippen LogP contribution in [-0.2, 0) is 4.74 Å². The van der Waals surface area contributed by atoms with Gasteiger partial charge in [-0.3, -0.25) is 0 Å². The lowest BCUT2D eigenvalue weighted by Crippen LogP contribution is -2.10. The monoisotopic (exact) mass is 279 g/mol. The summed E-state index contributed by atoms with van der Waals surface area (Å²) in [4.78, 5) is 11.6. The molecule has 19 heavy (non-hydrogen) atoms. The minimum atomic E-state index is -0.480. The summed E-state index contributed by atoms with van der Waals surface area (Å²) in [6.45, 7) is 3.65. The molecule has 0 saturated heterocycles. The lowest BCUT2D eigenvalue weighted by molar-refractivity contribution is 0.0602. The Hall–Kier alpha value is -2.01. The van der Waals surface area contributed by atoms with Gasteiger partial charge in [-0.2, -0.15) is 5.10 Å². The van der Waals surface area contributed by atoms with E-state index in [0.29, 0.717) is 27.7 Å². The molecule has 6 heteroatoms. The van der Waals surface area contributed by atoms with E-state index in [4.69, 9.17) is 22.1 Å². The highest BCUT2D eigenvalue weighted by atomic mass is 35.5. The van der Waals surface area contributed by atoms with E-state index in [9.17, 15) is 4.79 Å². The van der Waals surface area contributed by atoms with Crippen molar-refractivity contribution in [3.63, 3.8) is 0 Å². The number of carbonyl (C=O) groups excluding carboxylic acids is 1. The molecular formula is C13H14ClN3O2. The molecule has 0 atom stereocenters. The first-order chi connectivity index (χ1) is 8.97. The third-order valence-corrected chi connectivity index (χ3v) is 3.47. The van der Waals surface area contributed by atoms with Crippen LogP contribution in [0, 0.1) is 13.8 Å². The number of halogens is 1. The van der Waals surface area contributed by atoms with Crippen LogP contribution in [0.5, 0.6) is 0 Å². The second-order valence-corrected chi connectivity index (χ2v) is 4.50. The Bertz CT molecular complexity index is 650. The lowest BCUT2D eigenvalue weighted by Gasteiger charge is -2.11. The van der Waals surface area contributed by atoms with Crippen molar-refractivity contribution in [1.82, 2.24) is 9.78 Å². The van der Waals surface area contributed by atoms with Gasteiger partial charge in [-0.15, -0.1) is 0 Å². The van der Waals surface area contributed by atoms with Crippen molar-refractivity contribution in [2.45, 2.75) is 13.8 Å². The number of methoxy groups -OCH3 is 1. The summed E-state index contributed by atoms with van der Waals surface area (Å²) in [7, 11) is 1.31. The highest BCUT2D eigenvalue weighted by Crippen LogP contribution is 2.27. The van der Waals surface area contributed by atoms with Gasteiger partial charge >= 0.3 is 5.97 Å². The van der Waals surface area contributed by atoms with Crippen LogP contribution in [-0.4, -0.2) is 22.9 Å². The van der Waals surface area contributed by atoms with Gasteiger partial charge in [0, 0.05) is 0 Å². The molecule has 100 valence electrons. The minimum absolute atomic E-state index is 0.309. The fourth-order valence-electron chi connectivity index (χ4n) is 1.88. The van der Waals surface area contributed by atoms with Crippen LogP contribution < -0.4 is 5.73 Å². The molecule has 0 bridgehead atoms. The summed E-state index contributed by atoms with van der Waals surface area (Å²) in [5.74, 6) is -0.480. The van der Waals surface area contributed by atoms with Crippen molar-refractivity contribution in [3.05, 3.63) is 40.2 Å². The fraction of sp³-hybridized carbons (Fsp3) is 0.231. The molecule has 0 aliphatic carbocycles. The van der Waals surface area contributed by atoms with Crippen molar-refractivity contribution in [2.24, 2.45) is 0 Å². The van der Waals surface area contributed by atoms with E-state index in [1.54, 1.807) is 22.9 Å². The molecule has 2 rings (SSSR count). The van der Waals surface area contributed by atoms with Crippen LogP contribution in [0.25, 0.3) is 5.69 Å². The summed E-state index contributed by atoms with van der Waals surface area (Å²) >= 11 is 6.11. The number of hydrogen-bond acceptors (Lipinski definition) is 4. The highest BCUT2D eigenvalue weighted by Gasteiger charge is 2.17. The number of nitrogen functional groups attached to an aromatic ring is 1. The Morgan fingerprint density at radius 3 is 2.63 bits per heavy atom. The Balaban J connectivity index is 2.63. The fourth-order valence-corrected chi connectivity index (χ4v) is 2.00. The molecule has 0 aliphatic rings. The first-order valence-corrected chi connectivity index (χ1v) is 6.04.